The van der Waals surface area contributed by atoms with Crippen LogP contribution in [-0.4, -0.2) is 25.2 Å². The Morgan fingerprint density at radius 2 is 1.94 bits per heavy atom. The van der Waals surface area contributed by atoms with Gasteiger partial charge in [-0.15, -0.1) is 0 Å². The van der Waals surface area contributed by atoms with Gasteiger partial charge in [-0.05, 0) is 18.9 Å². The molecule has 1 atom stereocenters. The van der Waals surface area contributed by atoms with Crippen molar-refractivity contribution < 1.29 is 18.3 Å². The summed E-state index contributed by atoms with van der Waals surface area (Å²) in [6.45, 7) is 1.75. The number of carboxylic acid groups (broad SMARTS) is 1. The van der Waals surface area contributed by atoms with E-state index in [1.54, 1.807) is 6.92 Å². The predicted molar refractivity (Wildman–Crippen MR) is 68.6 cm³/mol. The molecule has 0 aromatic heterocycles. The Labute approximate surface area is 107 Å². The normalized spacial score (nSPS) is 13.2. The largest absolute Gasteiger partial charge is 0.481 e. The SMILES string of the molecule is CC(NS(=O)(=O)CCCC(=O)O)c1ccccc1. The molecule has 0 aliphatic carbocycles. The summed E-state index contributed by atoms with van der Waals surface area (Å²) in [4.78, 5) is 10.3. The maximum atomic E-state index is 11.7. The molecule has 1 unspecified atom stereocenters. The molecular formula is C12H17NO4S. The van der Waals surface area contributed by atoms with Crippen LogP contribution >= 0.6 is 0 Å². The van der Waals surface area contributed by atoms with Crippen LogP contribution in [0.25, 0.3) is 0 Å². The monoisotopic (exact) mass is 271 g/mol. The number of nitrogens with one attached hydrogen (secondary N) is 1. The Balaban J connectivity index is 2.53. The number of sulfonamides is 1. The van der Waals surface area contributed by atoms with Gasteiger partial charge in [-0.3, -0.25) is 4.79 Å². The van der Waals surface area contributed by atoms with Crippen LogP contribution in [0, 0.1) is 0 Å². The van der Waals surface area contributed by atoms with Crippen LogP contribution in [0.5, 0.6) is 0 Å². The predicted octanol–water partition coefficient (Wildman–Crippen LogP) is 1.53. The van der Waals surface area contributed by atoms with E-state index in [9.17, 15) is 13.2 Å². The number of benzene rings is 1. The highest BCUT2D eigenvalue weighted by Gasteiger charge is 2.15. The lowest BCUT2D eigenvalue weighted by Crippen LogP contribution is -2.29. The summed E-state index contributed by atoms with van der Waals surface area (Å²) in [5.41, 5.74) is 0.874. The quantitative estimate of drug-likeness (QED) is 0.787. The zero-order chi connectivity index (χ0) is 13.6. The molecule has 18 heavy (non-hydrogen) atoms. The van der Waals surface area contributed by atoms with E-state index >= 15 is 0 Å². The molecule has 0 saturated heterocycles. The Morgan fingerprint density at radius 1 is 1.33 bits per heavy atom. The van der Waals surface area contributed by atoms with Crippen molar-refractivity contribution in [3.63, 3.8) is 0 Å². The Bertz CT molecular complexity index is 484. The molecule has 1 rings (SSSR count). The van der Waals surface area contributed by atoms with E-state index in [1.807, 2.05) is 30.3 Å². The third kappa shape index (κ3) is 5.29. The molecule has 0 bridgehead atoms. The second kappa shape index (κ2) is 6.51. The van der Waals surface area contributed by atoms with Gasteiger partial charge in [0.1, 0.15) is 0 Å². The molecule has 0 saturated carbocycles. The summed E-state index contributed by atoms with van der Waals surface area (Å²) in [5, 5.41) is 8.45. The standard InChI is InChI=1S/C12H17NO4S/c1-10(11-6-3-2-4-7-11)13-18(16,17)9-5-8-12(14)15/h2-4,6-7,10,13H,5,8-9H2,1H3,(H,14,15). The first-order valence-electron chi connectivity index (χ1n) is 5.67. The first kappa shape index (κ1) is 14.7. The average molecular weight is 271 g/mol. The highest BCUT2D eigenvalue weighted by atomic mass is 32.2. The van der Waals surface area contributed by atoms with Crippen molar-refractivity contribution in [2.45, 2.75) is 25.8 Å². The van der Waals surface area contributed by atoms with Crippen molar-refractivity contribution in [3.05, 3.63) is 35.9 Å². The van der Waals surface area contributed by atoms with Crippen molar-refractivity contribution in [2.75, 3.05) is 5.75 Å². The van der Waals surface area contributed by atoms with E-state index in [4.69, 9.17) is 5.11 Å². The van der Waals surface area contributed by atoms with Crippen molar-refractivity contribution in [1.29, 1.82) is 0 Å². The fourth-order valence-electron chi connectivity index (χ4n) is 1.55. The Kier molecular flexibility index (Phi) is 5.30. The van der Waals surface area contributed by atoms with Crippen molar-refractivity contribution >= 4 is 16.0 Å². The molecule has 0 heterocycles. The van der Waals surface area contributed by atoms with E-state index in [0.29, 0.717) is 0 Å². The zero-order valence-corrected chi connectivity index (χ0v) is 11.0. The second-order valence-corrected chi connectivity index (χ2v) is 5.94. The van der Waals surface area contributed by atoms with Gasteiger partial charge in [0, 0.05) is 12.5 Å². The number of aliphatic carboxylic acids is 1. The molecule has 0 amide bonds. The average Bonchev–Trinajstić information content (AvgIpc) is 2.28. The van der Waals surface area contributed by atoms with Crippen LogP contribution < -0.4 is 4.72 Å². The van der Waals surface area contributed by atoms with E-state index in [1.165, 1.54) is 0 Å². The molecule has 100 valence electrons. The lowest BCUT2D eigenvalue weighted by atomic mass is 10.1. The Morgan fingerprint density at radius 3 is 2.50 bits per heavy atom. The molecule has 2 N–H and O–H groups in total. The van der Waals surface area contributed by atoms with Crippen LogP contribution in [0.1, 0.15) is 31.4 Å². The van der Waals surface area contributed by atoms with Gasteiger partial charge in [-0.25, -0.2) is 13.1 Å². The first-order chi connectivity index (χ1) is 8.41. The van der Waals surface area contributed by atoms with E-state index in [0.717, 1.165) is 5.56 Å². The summed E-state index contributed by atoms with van der Waals surface area (Å²) in [6, 6.07) is 8.89. The van der Waals surface area contributed by atoms with Gasteiger partial charge in [0.05, 0.1) is 5.75 Å². The van der Waals surface area contributed by atoms with Crippen molar-refractivity contribution in [3.8, 4) is 0 Å². The lowest BCUT2D eigenvalue weighted by Gasteiger charge is -2.14. The number of hydrogen-bond donors (Lipinski definition) is 2. The molecule has 6 heteroatoms. The highest BCUT2D eigenvalue weighted by Crippen LogP contribution is 2.12. The Hall–Kier alpha value is -1.40. The van der Waals surface area contributed by atoms with E-state index < -0.39 is 16.0 Å². The van der Waals surface area contributed by atoms with Crippen LogP contribution in [0.15, 0.2) is 30.3 Å². The fourth-order valence-corrected chi connectivity index (χ4v) is 2.87. The minimum absolute atomic E-state index is 0.117. The maximum Gasteiger partial charge on any atom is 0.303 e. The molecule has 1 aromatic rings. The maximum absolute atomic E-state index is 11.7. The van der Waals surface area contributed by atoms with Gasteiger partial charge in [-0.2, -0.15) is 0 Å². The third-order valence-corrected chi connectivity index (χ3v) is 4.00. The number of carboxylic acids is 1. The first-order valence-corrected chi connectivity index (χ1v) is 7.33. The van der Waals surface area contributed by atoms with Crippen LogP contribution in [0.4, 0.5) is 0 Å². The lowest BCUT2D eigenvalue weighted by molar-refractivity contribution is -0.137. The van der Waals surface area contributed by atoms with E-state index in [-0.39, 0.29) is 24.6 Å². The molecule has 0 aliphatic rings. The molecule has 0 aliphatic heterocycles. The number of carbonyl (C=O) groups is 1. The highest BCUT2D eigenvalue weighted by molar-refractivity contribution is 7.89. The molecule has 5 nitrogen and oxygen atoms in total. The van der Waals surface area contributed by atoms with Gasteiger partial charge in [-0.1, -0.05) is 30.3 Å². The summed E-state index contributed by atoms with van der Waals surface area (Å²) in [5.74, 6) is -1.16. The van der Waals surface area contributed by atoms with Gasteiger partial charge in [0.2, 0.25) is 10.0 Å². The molecule has 0 fully saturated rings. The van der Waals surface area contributed by atoms with Crippen molar-refractivity contribution in [1.82, 2.24) is 4.72 Å². The van der Waals surface area contributed by atoms with Crippen LogP contribution in [0.2, 0.25) is 0 Å². The fraction of sp³-hybridized carbons (Fsp3) is 0.417. The van der Waals surface area contributed by atoms with Gasteiger partial charge < -0.3 is 5.11 Å². The van der Waals surface area contributed by atoms with Gasteiger partial charge in [0.15, 0.2) is 0 Å². The van der Waals surface area contributed by atoms with E-state index in [2.05, 4.69) is 4.72 Å². The second-order valence-electron chi connectivity index (χ2n) is 4.07. The minimum Gasteiger partial charge on any atom is -0.481 e. The summed E-state index contributed by atoms with van der Waals surface area (Å²) in [6.07, 6.45) is -0.0210. The molecule has 0 spiro atoms. The topological polar surface area (TPSA) is 83.5 Å². The third-order valence-electron chi connectivity index (χ3n) is 2.46. The summed E-state index contributed by atoms with van der Waals surface area (Å²) in [7, 11) is -3.44. The minimum atomic E-state index is -3.44. The van der Waals surface area contributed by atoms with Crippen LogP contribution in [0.3, 0.4) is 0 Å². The van der Waals surface area contributed by atoms with Crippen LogP contribution in [-0.2, 0) is 14.8 Å². The zero-order valence-electron chi connectivity index (χ0n) is 10.2. The van der Waals surface area contributed by atoms with Gasteiger partial charge >= 0.3 is 5.97 Å². The summed E-state index contributed by atoms with van der Waals surface area (Å²) < 4.78 is 25.9. The molecule has 0 radical (unpaired) electrons. The smallest absolute Gasteiger partial charge is 0.303 e. The molecule has 1 aromatic carbocycles. The van der Waals surface area contributed by atoms with Crippen molar-refractivity contribution in [2.24, 2.45) is 0 Å². The number of hydrogen-bond acceptors (Lipinski definition) is 3. The molecular weight excluding hydrogens is 254 g/mol. The summed E-state index contributed by atoms with van der Waals surface area (Å²) >= 11 is 0. The van der Waals surface area contributed by atoms with Gasteiger partial charge in [0.25, 0.3) is 0 Å². The number of rotatable bonds is 7.